The molecule has 0 spiro atoms. The number of hydrogen-bond donors (Lipinski definition) is 1. The fourth-order valence-electron chi connectivity index (χ4n) is 12.9. The van der Waals surface area contributed by atoms with Crippen LogP contribution < -0.4 is 26.0 Å². The largest absolute Gasteiger partial charge is 0.355 e. The Morgan fingerprint density at radius 1 is 0.405 bits per heavy atom. The third kappa shape index (κ3) is 9.48. The molecule has 1 radical (unpaired) electrons. The molecule has 2 aliphatic rings. The molecular formula is C80H65BN3. The van der Waals surface area contributed by atoms with Crippen LogP contribution in [0.4, 0.5) is 45.5 Å². The first-order valence-electron chi connectivity index (χ1n) is 29.4. The van der Waals surface area contributed by atoms with Crippen LogP contribution in [0, 0.1) is 6.92 Å². The summed E-state index contributed by atoms with van der Waals surface area (Å²) in [4.78, 5) is 5.05. The lowest BCUT2D eigenvalue weighted by molar-refractivity contribution is 0.590. The first-order chi connectivity index (χ1) is 40.9. The van der Waals surface area contributed by atoms with Crippen molar-refractivity contribution in [2.45, 2.75) is 52.4 Å². The van der Waals surface area contributed by atoms with E-state index < -0.39 is 0 Å². The third-order valence-electron chi connectivity index (χ3n) is 17.4. The molecule has 0 fully saturated rings. The van der Waals surface area contributed by atoms with E-state index in [2.05, 4.69) is 343 Å². The van der Waals surface area contributed by atoms with E-state index in [1.165, 1.54) is 83.5 Å². The molecule has 0 saturated heterocycles. The highest BCUT2D eigenvalue weighted by molar-refractivity contribution is 6.73. The van der Waals surface area contributed by atoms with E-state index >= 15 is 0 Å². The molecule has 0 amide bonds. The quantitative estimate of drug-likeness (QED) is 0.130. The van der Waals surface area contributed by atoms with Gasteiger partial charge in [0.05, 0.1) is 0 Å². The fourth-order valence-corrected chi connectivity index (χ4v) is 12.9. The molecule has 0 unspecified atom stereocenters. The van der Waals surface area contributed by atoms with Gasteiger partial charge in [0, 0.05) is 62.0 Å². The number of nitrogens with zero attached hydrogens (tertiary/aromatic N) is 2. The molecule has 0 aromatic heterocycles. The zero-order valence-corrected chi connectivity index (χ0v) is 48.5. The number of aryl methyl sites for hydroxylation is 1. The summed E-state index contributed by atoms with van der Waals surface area (Å²) in [6.45, 7) is 14.1. The summed E-state index contributed by atoms with van der Waals surface area (Å²) in [5.41, 5.74) is 30.1. The number of hydrogen-bond acceptors (Lipinski definition) is 3. The molecule has 403 valence electrons. The molecule has 0 saturated carbocycles. The van der Waals surface area contributed by atoms with Gasteiger partial charge in [-0.15, -0.1) is 0 Å². The van der Waals surface area contributed by atoms with Crippen LogP contribution in [0.2, 0.25) is 0 Å². The Kier molecular flexibility index (Phi) is 13.1. The molecule has 12 aromatic carbocycles. The number of fused-ring (bicyclic) bond motifs is 6. The average molecular weight is 1080 g/mol. The van der Waals surface area contributed by atoms with E-state index in [0.29, 0.717) is 0 Å². The second-order valence-electron chi connectivity index (χ2n) is 24.1. The van der Waals surface area contributed by atoms with Crippen LogP contribution in [0.1, 0.15) is 56.9 Å². The zero-order chi connectivity index (χ0) is 57.1. The smallest absolute Gasteiger partial charge is 0.197 e. The Bertz CT molecular complexity index is 4330. The lowest BCUT2D eigenvalue weighted by Crippen LogP contribution is -2.42. The van der Waals surface area contributed by atoms with Crippen LogP contribution in [0.25, 0.3) is 66.8 Å². The van der Waals surface area contributed by atoms with Crippen molar-refractivity contribution >= 4 is 63.7 Å². The summed E-state index contributed by atoms with van der Waals surface area (Å²) in [5.74, 6) is 0. The highest BCUT2D eigenvalue weighted by Crippen LogP contribution is 2.57. The summed E-state index contributed by atoms with van der Waals surface area (Å²) in [7, 11) is 2.48. The Morgan fingerprint density at radius 3 is 1.50 bits per heavy atom. The summed E-state index contributed by atoms with van der Waals surface area (Å²) >= 11 is 0. The van der Waals surface area contributed by atoms with Crippen molar-refractivity contribution in [3.8, 4) is 66.8 Å². The summed E-state index contributed by atoms with van der Waals surface area (Å²) in [6.07, 6.45) is 0. The topological polar surface area (TPSA) is 18.5 Å². The van der Waals surface area contributed by atoms with E-state index in [9.17, 15) is 0 Å². The molecule has 84 heavy (non-hydrogen) atoms. The first kappa shape index (κ1) is 52.2. The van der Waals surface area contributed by atoms with Gasteiger partial charge < -0.3 is 15.1 Å². The second-order valence-corrected chi connectivity index (χ2v) is 24.1. The minimum Gasteiger partial charge on any atom is -0.355 e. The number of benzene rings is 12. The highest BCUT2D eigenvalue weighted by Gasteiger charge is 2.42. The summed E-state index contributed by atoms with van der Waals surface area (Å²) in [6, 6.07) is 103. The van der Waals surface area contributed by atoms with Crippen molar-refractivity contribution in [3.63, 3.8) is 0 Å². The molecule has 0 atom stereocenters. The molecular weight excluding hydrogens is 1010 g/mol. The summed E-state index contributed by atoms with van der Waals surface area (Å²) < 4.78 is 0. The van der Waals surface area contributed by atoms with E-state index in [1.807, 2.05) is 0 Å². The van der Waals surface area contributed by atoms with Gasteiger partial charge >= 0.3 is 0 Å². The van der Waals surface area contributed by atoms with Crippen molar-refractivity contribution in [1.29, 1.82) is 0 Å². The van der Waals surface area contributed by atoms with Crippen molar-refractivity contribution in [2.75, 3.05) is 15.1 Å². The van der Waals surface area contributed by atoms with Crippen LogP contribution >= 0.6 is 0 Å². The first-order valence-corrected chi connectivity index (χ1v) is 29.4. The highest BCUT2D eigenvalue weighted by atomic mass is 15.2. The molecule has 1 aliphatic heterocycles. The molecule has 1 aliphatic carbocycles. The van der Waals surface area contributed by atoms with Crippen molar-refractivity contribution in [1.82, 2.24) is 0 Å². The van der Waals surface area contributed by atoms with Crippen molar-refractivity contribution < 1.29 is 0 Å². The SMILES string of the molecule is Cc1cc(C(C)(C)C)ccc1N1c2cc(N(c3ccc(-c4ccccc4)cc3)c3ccc(-c4ccccc4)cc3)ccc2[B]c2c(-c3cc(-c4ccccc4)ccc3Nc3cccc(-c4ccccc4)c3)cc3c(c21)-c1ccccc1C3(C)C. The van der Waals surface area contributed by atoms with E-state index in [-0.39, 0.29) is 10.8 Å². The predicted octanol–water partition coefficient (Wildman–Crippen LogP) is 20.6. The maximum Gasteiger partial charge on any atom is 0.197 e. The Labute approximate surface area is 496 Å². The minimum absolute atomic E-state index is 0.0419. The van der Waals surface area contributed by atoms with Crippen LogP contribution in [-0.4, -0.2) is 7.28 Å². The maximum absolute atomic E-state index is 4.01. The lowest BCUT2D eigenvalue weighted by atomic mass is 9.57. The standard InChI is InChI=1S/C80H65BN3/c1-53-48-62(79(2,3)4)39-47-74(53)84-75-51-66(83(64-40-34-58(35-41-64)54-22-11-7-12-23-54)65-42-36-59(37-43-65)55-24-13-8-14-25-55)44-45-72(75)81-77-69(52-71-76(78(77)84)67-32-19-20-33-70(67)80(71,5)6)68-50-61(57-28-17-10-18-29-57)38-46-73(68)82-63-31-21-30-60(49-63)56-26-15-9-16-27-56/h7-52,82H,1-6H3. The normalized spacial score (nSPS) is 12.8. The summed E-state index contributed by atoms with van der Waals surface area (Å²) in [5, 5.41) is 4.01. The predicted molar refractivity (Wildman–Crippen MR) is 359 cm³/mol. The van der Waals surface area contributed by atoms with Crippen LogP contribution in [0.5, 0.6) is 0 Å². The number of rotatable bonds is 11. The molecule has 4 heteroatoms. The van der Waals surface area contributed by atoms with Crippen LogP contribution in [0.3, 0.4) is 0 Å². The Morgan fingerprint density at radius 2 is 0.917 bits per heavy atom. The minimum atomic E-state index is -0.322. The maximum atomic E-state index is 4.01. The molecule has 3 nitrogen and oxygen atoms in total. The molecule has 1 heterocycles. The van der Waals surface area contributed by atoms with Gasteiger partial charge in [-0.3, -0.25) is 0 Å². The Balaban J connectivity index is 1.02. The number of anilines is 8. The van der Waals surface area contributed by atoms with Gasteiger partial charge in [0.2, 0.25) is 0 Å². The fraction of sp³-hybridized carbons (Fsp3) is 0.100. The van der Waals surface area contributed by atoms with Gasteiger partial charge in [-0.25, -0.2) is 0 Å². The van der Waals surface area contributed by atoms with E-state index in [0.717, 1.165) is 62.0 Å². The van der Waals surface area contributed by atoms with E-state index in [4.69, 9.17) is 0 Å². The van der Waals surface area contributed by atoms with Gasteiger partial charge in [-0.1, -0.05) is 246 Å². The number of nitrogens with one attached hydrogen (secondary N) is 1. The third-order valence-corrected chi connectivity index (χ3v) is 17.4. The van der Waals surface area contributed by atoms with Gasteiger partial charge in [0.15, 0.2) is 7.28 Å². The Hall–Kier alpha value is -9.90. The molecule has 14 rings (SSSR count). The average Bonchev–Trinajstić information content (AvgIpc) is 1.85. The van der Waals surface area contributed by atoms with Crippen molar-refractivity contribution in [3.05, 3.63) is 301 Å². The second kappa shape index (κ2) is 21.1. The molecule has 1 N–H and O–H groups in total. The van der Waals surface area contributed by atoms with Crippen LogP contribution in [-0.2, 0) is 10.8 Å². The van der Waals surface area contributed by atoms with Gasteiger partial charge in [-0.2, -0.15) is 0 Å². The zero-order valence-electron chi connectivity index (χ0n) is 48.5. The van der Waals surface area contributed by atoms with Crippen LogP contribution in [0.15, 0.2) is 279 Å². The molecule has 0 bridgehead atoms. The molecule has 12 aromatic rings. The van der Waals surface area contributed by atoms with Gasteiger partial charge in [-0.05, 0) is 168 Å². The van der Waals surface area contributed by atoms with Gasteiger partial charge in [0.25, 0.3) is 0 Å². The lowest BCUT2D eigenvalue weighted by Gasteiger charge is -2.39. The monoisotopic (exact) mass is 1080 g/mol. The van der Waals surface area contributed by atoms with Crippen molar-refractivity contribution in [2.24, 2.45) is 0 Å². The van der Waals surface area contributed by atoms with E-state index in [1.54, 1.807) is 0 Å². The van der Waals surface area contributed by atoms with Gasteiger partial charge in [0.1, 0.15) is 0 Å².